The third-order valence-corrected chi connectivity index (χ3v) is 6.84. The van der Waals surface area contributed by atoms with Crippen molar-refractivity contribution in [1.29, 1.82) is 0 Å². The molecular weight excluding hydrogens is 450 g/mol. The molecule has 4 aromatic rings. The Morgan fingerprint density at radius 3 is 2.78 bits per heavy atom. The Morgan fingerprint density at radius 2 is 1.97 bits per heavy atom. The summed E-state index contributed by atoms with van der Waals surface area (Å²) in [6, 6.07) is 12.4. The van der Waals surface area contributed by atoms with Crippen LogP contribution in [-0.4, -0.2) is 55.2 Å². The van der Waals surface area contributed by atoms with Crippen molar-refractivity contribution in [3.63, 3.8) is 0 Å². The van der Waals surface area contributed by atoms with Crippen LogP contribution < -0.4 is 10.3 Å². The minimum Gasteiger partial charge on any atom is -0.463 e. The van der Waals surface area contributed by atoms with Crippen LogP contribution >= 0.6 is 22.9 Å². The topological polar surface area (TPSA) is 75.9 Å². The Kier molecular flexibility index (Phi) is 5.93. The molecule has 0 radical (unpaired) electrons. The molecule has 0 atom stereocenters. The van der Waals surface area contributed by atoms with E-state index in [1.54, 1.807) is 35.2 Å². The third kappa shape index (κ3) is 4.02. The van der Waals surface area contributed by atoms with Crippen LogP contribution in [0, 0.1) is 0 Å². The summed E-state index contributed by atoms with van der Waals surface area (Å²) in [5.74, 6) is -0.437. The highest BCUT2D eigenvalue weighted by atomic mass is 35.5. The molecule has 1 aliphatic heterocycles. The van der Waals surface area contributed by atoms with E-state index in [1.807, 2.05) is 12.1 Å². The number of halogens is 1. The van der Waals surface area contributed by atoms with E-state index in [2.05, 4.69) is 9.88 Å². The number of carbonyl (C=O) groups is 1. The zero-order valence-corrected chi connectivity index (χ0v) is 18.7. The summed E-state index contributed by atoms with van der Waals surface area (Å²) in [5, 5.41) is 1.40. The molecule has 7 nitrogen and oxygen atoms in total. The van der Waals surface area contributed by atoms with Crippen LogP contribution in [0.5, 0.6) is 0 Å². The Morgan fingerprint density at radius 1 is 1.16 bits per heavy atom. The lowest BCUT2D eigenvalue weighted by Crippen LogP contribution is -2.44. The molecular formula is C23H20ClN3O4S. The van der Waals surface area contributed by atoms with Gasteiger partial charge in [-0.15, -0.1) is 0 Å². The fourth-order valence-electron chi connectivity index (χ4n) is 3.74. The number of nitrogens with zero attached hydrogens (tertiary/aromatic N) is 3. The number of hydrogen-bond acceptors (Lipinski definition) is 7. The summed E-state index contributed by atoms with van der Waals surface area (Å²) in [6.07, 6.45) is 1.25. The number of rotatable bonds is 5. The molecule has 2 aromatic heterocycles. The highest BCUT2D eigenvalue weighted by Gasteiger charge is 2.26. The number of morpholine rings is 1. The van der Waals surface area contributed by atoms with Gasteiger partial charge in [0, 0.05) is 26.2 Å². The van der Waals surface area contributed by atoms with E-state index >= 15 is 0 Å². The third-order valence-electron chi connectivity index (χ3n) is 5.49. The largest absolute Gasteiger partial charge is 0.463 e. The zero-order chi connectivity index (χ0) is 22.1. The van der Waals surface area contributed by atoms with Gasteiger partial charge < -0.3 is 9.15 Å². The van der Waals surface area contributed by atoms with Gasteiger partial charge in [-0.05, 0) is 24.3 Å². The fraction of sp³-hybridized carbons (Fsp3) is 0.261. The lowest BCUT2D eigenvalue weighted by atomic mass is 10.1. The van der Waals surface area contributed by atoms with Crippen molar-refractivity contribution in [3.05, 3.63) is 69.5 Å². The van der Waals surface area contributed by atoms with Crippen LogP contribution in [0.2, 0.25) is 5.02 Å². The van der Waals surface area contributed by atoms with Gasteiger partial charge in [-0.1, -0.05) is 41.1 Å². The first-order valence-corrected chi connectivity index (χ1v) is 11.5. The van der Waals surface area contributed by atoms with E-state index in [0.29, 0.717) is 52.9 Å². The van der Waals surface area contributed by atoms with Crippen LogP contribution in [0.25, 0.3) is 21.2 Å². The summed E-state index contributed by atoms with van der Waals surface area (Å²) in [7, 11) is 0. The number of ether oxygens (including phenoxy) is 1. The fourth-order valence-corrected chi connectivity index (χ4v) is 5.03. The SMILES string of the molecule is O=C(c1coc2ccccc2c1=O)N(CCN1CCOCC1)c1nc2c(Cl)cccc2s1. The van der Waals surface area contributed by atoms with Crippen LogP contribution in [-0.2, 0) is 4.74 Å². The van der Waals surface area contributed by atoms with Crippen molar-refractivity contribution in [2.24, 2.45) is 0 Å². The number of fused-ring (bicyclic) bond motifs is 2. The molecule has 0 spiro atoms. The standard InChI is InChI=1S/C23H20ClN3O4S/c24-17-5-3-7-19-20(17)25-23(32-19)27(9-8-26-10-12-30-13-11-26)22(29)16-14-31-18-6-2-1-4-15(18)21(16)28/h1-7,14H,8-13H2. The molecule has 9 heteroatoms. The number of hydrogen-bond donors (Lipinski definition) is 0. The zero-order valence-electron chi connectivity index (χ0n) is 17.1. The summed E-state index contributed by atoms with van der Waals surface area (Å²) in [6.45, 7) is 3.94. The summed E-state index contributed by atoms with van der Waals surface area (Å²) < 4.78 is 11.9. The molecule has 1 saturated heterocycles. The maximum absolute atomic E-state index is 13.6. The number of anilines is 1. The molecule has 1 amide bonds. The quantitative estimate of drug-likeness (QED) is 0.439. The highest BCUT2D eigenvalue weighted by molar-refractivity contribution is 7.22. The predicted molar refractivity (Wildman–Crippen MR) is 126 cm³/mol. The monoisotopic (exact) mass is 469 g/mol. The predicted octanol–water partition coefficient (Wildman–Crippen LogP) is 4.04. The molecule has 3 heterocycles. The van der Waals surface area contributed by atoms with Crippen molar-refractivity contribution in [2.75, 3.05) is 44.3 Å². The number of benzene rings is 2. The number of amides is 1. The molecule has 0 aliphatic carbocycles. The molecule has 0 unspecified atom stereocenters. The van der Waals surface area contributed by atoms with E-state index in [-0.39, 0.29) is 11.0 Å². The summed E-state index contributed by atoms with van der Waals surface area (Å²) in [4.78, 5) is 35.1. The van der Waals surface area contributed by atoms with E-state index in [9.17, 15) is 9.59 Å². The minimum absolute atomic E-state index is 0.0176. The first-order valence-electron chi connectivity index (χ1n) is 10.3. The molecule has 0 saturated carbocycles. The molecule has 164 valence electrons. The average molecular weight is 470 g/mol. The lowest BCUT2D eigenvalue weighted by Gasteiger charge is -2.29. The second-order valence-electron chi connectivity index (χ2n) is 7.47. The number of carbonyl (C=O) groups excluding carboxylic acids is 1. The molecule has 2 aromatic carbocycles. The number of aromatic nitrogens is 1. The molecule has 1 fully saturated rings. The van der Waals surface area contributed by atoms with Gasteiger partial charge in [0.1, 0.15) is 22.9 Å². The molecule has 0 N–H and O–H groups in total. The highest BCUT2D eigenvalue weighted by Crippen LogP contribution is 2.33. The maximum atomic E-state index is 13.6. The summed E-state index contributed by atoms with van der Waals surface area (Å²) >= 11 is 7.69. The van der Waals surface area contributed by atoms with Crippen molar-refractivity contribution >= 4 is 55.2 Å². The molecule has 1 aliphatic rings. The lowest BCUT2D eigenvalue weighted by molar-refractivity contribution is 0.0391. The van der Waals surface area contributed by atoms with Gasteiger partial charge in [0.15, 0.2) is 5.13 Å². The van der Waals surface area contributed by atoms with E-state index in [4.69, 9.17) is 20.8 Å². The normalized spacial score (nSPS) is 14.8. The molecule has 0 bridgehead atoms. The smallest absolute Gasteiger partial charge is 0.267 e. The second kappa shape index (κ2) is 8.99. The maximum Gasteiger partial charge on any atom is 0.267 e. The van der Waals surface area contributed by atoms with Crippen molar-refractivity contribution < 1.29 is 13.9 Å². The van der Waals surface area contributed by atoms with E-state index < -0.39 is 5.91 Å². The number of para-hydroxylation sites is 2. The Balaban J connectivity index is 1.53. The number of thiazole rings is 1. The van der Waals surface area contributed by atoms with Gasteiger partial charge in [0.05, 0.1) is 28.3 Å². The van der Waals surface area contributed by atoms with Crippen molar-refractivity contribution in [2.45, 2.75) is 0 Å². The van der Waals surface area contributed by atoms with Gasteiger partial charge in [0.25, 0.3) is 5.91 Å². The van der Waals surface area contributed by atoms with Gasteiger partial charge >= 0.3 is 0 Å². The van der Waals surface area contributed by atoms with Crippen LogP contribution in [0.4, 0.5) is 5.13 Å². The summed E-state index contributed by atoms with van der Waals surface area (Å²) in [5.41, 5.74) is 0.716. The van der Waals surface area contributed by atoms with Gasteiger partial charge in [-0.3, -0.25) is 19.4 Å². The van der Waals surface area contributed by atoms with Gasteiger partial charge in [0.2, 0.25) is 5.43 Å². The van der Waals surface area contributed by atoms with Crippen molar-refractivity contribution in [1.82, 2.24) is 9.88 Å². The molecule has 32 heavy (non-hydrogen) atoms. The Hall–Kier alpha value is -2.78. The van der Waals surface area contributed by atoms with Gasteiger partial charge in [-0.25, -0.2) is 4.98 Å². The Labute approximate surface area is 192 Å². The average Bonchev–Trinajstić information content (AvgIpc) is 3.25. The van der Waals surface area contributed by atoms with Crippen molar-refractivity contribution in [3.8, 4) is 0 Å². The first-order chi connectivity index (χ1) is 15.6. The molecule has 5 rings (SSSR count). The van der Waals surface area contributed by atoms with Crippen LogP contribution in [0.1, 0.15) is 10.4 Å². The van der Waals surface area contributed by atoms with E-state index in [1.165, 1.54) is 17.6 Å². The van der Waals surface area contributed by atoms with Crippen LogP contribution in [0.3, 0.4) is 0 Å². The first kappa shape index (κ1) is 21.1. The minimum atomic E-state index is -0.437. The van der Waals surface area contributed by atoms with Gasteiger partial charge in [-0.2, -0.15) is 0 Å². The second-order valence-corrected chi connectivity index (χ2v) is 8.88. The van der Waals surface area contributed by atoms with Crippen LogP contribution in [0.15, 0.2) is 57.9 Å². The van der Waals surface area contributed by atoms with E-state index in [0.717, 1.165) is 17.8 Å². The Bertz CT molecular complexity index is 1350.